The molecule has 0 aliphatic heterocycles. The Balaban J connectivity index is 2.24. The highest BCUT2D eigenvalue weighted by molar-refractivity contribution is 9.10. The van der Waals surface area contributed by atoms with Crippen LogP contribution in [-0.4, -0.2) is 11.8 Å². The molecule has 2 nitrogen and oxygen atoms in total. The van der Waals surface area contributed by atoms with Crippen molar-refractivity contribution in [1.29, 1.82) is 0 Å². The summed E-state index contributed by atoms with van der Waals surface area (Å²) in [4.78, 5) is 0. The Kier molecular flexibility index (Phi) is 4.93. The molecule has 0 bridgehead atoms. The third-order valence-electron chi connectivity index (χ3n) is 4.16. The molecule has 24 heavy (non-hydrogen) atoms. The van der Waals surface area contributed by atoms with Gasteiger partial charge in [-0.05, 0) is 30.4 Å². The van der Waals surface area contributed by atoms with E-state index in [0.717, 1.165) is 15.3 Å². The molecule has 2 atom stereocenters. The lowest BCUT2D eigenvalue weighted by Gasteiger charge is -2.27. The molecule has 3 aromatic rings. The van der Waals surface area contributed by atoms with Gasteiger partial charge in [0.1, 0.15) is 12.9 Å². The summed E-state index contributed by atoms with van der Waals surface area (Å²) in [7, 11) is -2.83. The smallest absolute Gasteiger partial charge is 0.124 e. The SMILES string of the molecule is CP(=O)(c1ccccc1)C(c1ccccc1)c1cc(Br)ccc1O. The number of phenolic OH excluding ortho intramolecular Hbond substituents is 1. The summed E-state index contributed by atoms with van der Waals surface area (Å²) < 4.78 is 14.7. The van der Waals surface area contributed by atoms with Crippen LogP contribution in [0, 0.1) is 0 Å². The molecule has 0 spiro atoms. The Labute approximate surface area is 150 Å². The van der Waals surface area contributed by atoms with Gasteiger partial charge in [-0.3, -0.25) is 0 Å². The highest BCUT2D eigenvalue weighted by atomic mass is 79.9. The summed E-state index contributed by atoms with van der Waals surface area (Å²) in [6, 6.07) is 24.5. The Morgan fingerprint density at radius 1 is 0.917 bits per heavy atom. The number of aromatic hydroxyl groups is 1. The van der Waals surface area contributed by atoms with Gasteiger partial charge in [0.15, 0.2) is 0 Å². The average Bonchev–Trinajstić information content (AvgIpc) is 2.60. The quantitative estimate of drug-likeness (QED) is 0.581. The van der Waals surface area contributed by atoms with Crippen molar-refractivity contribution in [1.82, 2.24) is 0 Å². The van der Waals surface area contributed by atoms with Crippen molar-refractivity contribution in [3.8, 4) is 5.75 Å². The van der Waals surface area contributed by atoms with E-state index in [1.807, 2.05) is 66.7 Å². The molecule has 0 heterocycles. The molecule has 1 N–H and O–H groups in total. The molecule has 0 fully saturated rings. The van der Waals surface area contributed by atoms with Crippen LogP contribution in [0.5, 0.6) is 5.75 Å². The number of phenols is 1. The molecule has 2 unspecified atom stereocenters. The van der Waals surface area contributed by atoms with E-state index in [9.17, 15) is 9.67 Å². The first-order valence-corrected chi connectivity index (χ1v) is 10.7. The van der Waals surface area contributed by atoms with Gasteiger partial charge in [0, 0.05) is 15.3 Å². The van der Waals surface area contributed by atoms with E-state index in [4.69, 9.17) is 0 Å². The van der Waals surface area contributed by atoms with Gasteiger partial charge in [-0.15, -0.1) is 0 Å². The number of hydrogen-bond acceptors (Lipinski definition) is 2. The molecule has 0 radical (unpaired) electrons. The maximum absolute atomic E-state index is 13.9. The molecule has 0 saturated heterocycles. The zero-order valence-corrected chi connectivity index (χ0v) is 15.7. The van der Waals surface area contributed by atoms with Crippen LogP contribution in [0.3, 0.4) is 0 Å². The minimum absolute atomic E-state index is 0.157. The van der Waals surface area contributed by atoms with E-state index in [-0.39, 0.29) is 5.75 Å². The summed E-state index contributed by atoms with van der Waals surface area (Å²) in [5.41, 5.74) is 1.20. The number of hydrogen-bond donors (Lipinski definition) is 1. The monoisotopic (exact) mass is 400 g/mol. The molecule has 3 rings (SSSR count). The van der Waals surface area contributed by atoms with E-state index in [1.54, 1.807) is 18.8 Å². The number of benzene rings is 3. The zero-order chi connectivity index (χ0) is 17.2. The molecule has 0 saturated carbocycles. The molecule has 4 heteroatoms. The van der Waals surface area contributed by atoms with Crippen molar-refractivity contribution in [3.05, 3.63) is 94.5 Å². The summed E-state index contributed by atoms with van der Waals surface area (Å²) >= 11 is 3.46. The van der Waals surface area contributed by atoms with Gasteiger partial charge in [0.05, 0.1) is 5.66 Å². The van der Waals surface area contributed by atoms with Gasteiger partial charge in [-0.2, -0.15) is 0 Å². The van der Waals surface area contributed by atoms with Crippen molar-refractivity contribution in [3.63, 3.8) is 0 Å². The van der Waals surface area contributed by atoms with Crippen molar-refractivity contribution < 1.29 is 9.67 Å². The third-order valence-corrected chi connectivity index (χ3v) is 7.54. The van der Waals surface area contributed by atoms with Crippen LogP contribution in [0.15, 0.2) is 83.3 Å². The highest BCUT2D eigenvalue weighted by Crippen LogP contribution is 2.59. The second-order valence-corrected chi connectivity index (χ2v) is 9.77. The third kappa shape index (κ3) is 3.33. The molecule has 3 aromatic carbocycles. The van der Waals surface area contributed by atoms with Gasteiger partial charge in [-0.1, -0.05) is 76.6 Å². The first-order chi connectivity index (χ1) is 11.5. The Morgan fingerprint density at radius 2 is 1.50 bits per heavy atom. The van der Waals surface area contributed by atoms with Crippen LogP contribution in [0.1, 0.15) is 16.8 Å². The lowest BCUT2D eigenvalue weighted by atomic mass is 10.0. The summed E-state index contributed by atoms with van der Waals surface area (Å²) in [6.07, 6.45) is 0. The van der Waals surface area contributed by atoms with E-state index in [2.05, 4.69) is 15.9 Å². The predicted octanol–water partition coefficient (Wildman–Crippen LogP) is 5.56. The molecular weight excluding hydrogens is 383 g/mol. The van der Waals surface area contributed by atoms with Gasteiger partial charge >= 0.3 is 0 Å². The Bertz CT molecular complexity index is 879. The van der Waals surface area contributed by atoms with Crippen molar-refractivity contribution >= 4 is 28.4 Å². The fraction of sp³-hybridized carbons (Fsp3) is 0.100. The second-order valence-electron chi connectivity index (χ2n) is 5.84. The minimum atomic E-state index is -2.83. The summed E-state index contributed by atoms with van der Waals surface area (Å²) in [6.45, 7) is 1.79. The van der Waals surface area contributed by atoms with E-state index < -0.39 is 12.8 Å². The average molecular weight is 401 g/mol. The highest BCUT2D eigenvalue weighted by Gasteiger charge is 2.34. The lowest BCUT2D eigenvalue weighted by molar-refractivity contribution is 0.468. The van der Waals surface area contributed by atoms with Gasteiger partial charge in [0.25, 0.3) is 0 Å². The van der Waals surface area contributed by atoms with E-state index in [1.165, 1.54) is 0 Å². The normalized spacial score (nSPS) is 14.8. The summed E-state index contributed by atoms with van der Waals surface area (Å²) in [5.74, 6) is 0.157. The van der Waals surface area contributed by atoms with Gasteiger partial charge in [-0.25, -0.2) is 0 Å². The lowest BCUT2D eigenvalue weighted by Crippen LogP contribution is -2.12. The summed E-state index contributed by atoms with van der Waals surface area (Å²) in [5, 5.41) is 11.2. The first-order valence-electron chi connectivity index (χ1n) is 7.66. The van der Waals surface area contributed by atoms with Crippen molar-refractivity contribution in [2.45, 2.75) is 5.66 Å². The van der Waals surface area contributed by atoms with Crippen LogP contribution < -0.4 is 5.30 Å². The minimum Gasteiger partial charge on any atom is -0.508 e. The van der Waals surface area contributed by atoms with Crippen LogP contribution >= 0.6 is 23.1 Å². The van der Waals surface area contributed by atoms with Crippen molar-refractivity contribution in [2.75, 3.05) is 6.66 Å². The Morgan fingerprint density at radius 3 is 2.12 bits per heavy atom. The fourth-order valence-corrected chi connectivity index (χ4v) is 5.90. The molecule has 0 amide bonds. The molecule has 122 valence electrons. The second kappa shape index (κ2) is 6.96. The maximum atomic E-state index is 13.9. The largest absolute Gasteiger partial charge is 0.508 e. The molecule has 0 aliphatic rings. The van der Waals surface area contributed by atoms with Crippen LogP contribution in [0.4, 0.5) is 0 Å². The van der Waals surface area contributed by atoms with Gasteiger partial charge < -0.3 is 9.67 Å². The van der Waals surface area contributed by atoms with Crippen LogP contribution in [-0.2, 0) is 4.57 Å². The van der Waals surface area contributed by atoms with Crippen LogP contribution in [0.2, 0.25) is 0 Å². The molecule has 0 aliphatic carbocycles. The fourth-order valence-electron chi connectivity index (χ4n) is 2.98. The maximum Gasteiger partial charge on any atom is 0.124 e. The van der Waals surface area contributed by atoms with E-state index in [0.29, 0.717) is 5.56 Å². The first kappa shape index (κ1) is 17.0. The number of halogens is 1. The Hall–Kier alpha value is -1.83. The van der Waals surface area contributed by atoms with Gasteiger partial charge in [0.2, 0.25) is 0 Å². The van der Waals surface area contributed by atoms with E-state index >= 15 is 0 Å². The molecular formula is C20H18BrO2P. The standard InChI is InChI=1S/C20H18BrO2P/c1-24(23,17-10-6-3-7-11-17)20(15-8-4-2-5-9-15)18-14-16(21)12-13-19(18)22/h2-14,20,22H,1H3. The van der Waals surface area contributed by atoms with Crippen molar-refractivity contribution in [2.24, 2.45) is 0 Å². The zero-order valence-electron chi connectivity index (χ0n) is 13.3. The van der Waals surface area contributed by atoms with Crippen LogP contribution in [0.25, 0.3) is 0 Å². The molecule has 0 aromatic heterocycles. The topological polar surface area (TPSA) is 37.3 Å². The number of rotatable bonds is 4. The predicted molar refractivity (Wildman–Crippen MR) is 104 cm³/mol.